The van der Waals surface area contributed by atoms with E-state index in [-0.39, 0.29) is 11.4 Å². The summed E-state index contributed by atoms with van der Waals surface area (Å²) in [6, 6.07) is 5.26. The molecule has 6 nitrogen and oxygen atoms in total. The SMILES string of the molecule is CCOc1ccc(OCC)c(Nc2c(OCC)c(=O)c2=O)c1. The van der Waals surface area contributed by atoms with Gasteiger partial charge in [-0.25, -0.2) is 0 Å². The lowest BCUT2D eigenvalue weighted by Gasteiger charge is -2.17. The molecule has 0 radical (unpaired) electrons. The smallest absolute Gasteiger partial charge is 0.272 e. The standard InChI is InChI=1S/C16H19NO5/c1-4-20-10-7-8-12(21-5-2)11(9-10)17-13-14(18)15(19)16(13)22-6-3/h7-9,17H,4-6H2,1-3H3. The van der Waals surface area contributed by atoms with Crippen molar-refractivity contribution in [3.05, 3.63) is 38.6 Å². The summed E-state index contributed by atoms with van der Waals surface area (Å²) in [6.45, 7) is 6.82. The monoisotopic (exact) mass is 305 g/mol. The van der Waals surface area contributed by atoms with Gasteiger partial charge >= 0.3 is 0 Å². The highest BCUT2D eigenvalue weighted by Gasteiger charge is 2.23. The molecule has 1 N–H and O–H groups in total. The molecule has 0 spiro atoms. The highest BCUT2D eigenvalue weighted by molar-refractivity contribution is 5.74. The second kappa shape index (κ2) is 6.98. The molecule has 0 heterocycles. The molecule has 0 saturated carbocycles. The zero-order valence-corrected chi connectivity index (χ0v) is 12.9. The van der Waals surface area contributed by atoms with Crippen LogP contribution >= 0.6 is 0 Å². The number of nitrogens with one attached hydrogen (secondary N) is 1. The van der Waals surface area contributed by atoms with E-state index in [1.54, 1.807) is 25.1 Å². The number of hydrogen-bond donors (Lipinski definition) is 1. The van der Waals surface area contributed by atoms with Crippen LogP contribution in [0.5, 0.6) is 17.2 Å². The Morgan fingerprint density at radius 2 is 1.59 bits per heavy atom. The predicted molar refractivity (Wildman–Crippen MR) is 84.6 cm³/mol. The number of benzene rings is 1. The number of anilines is 2. The molecule has 0 saturated heterocycles. The molecule has 0 amide bonds. The molecular formula is C16H19NO5. The molecule has 0 aromatic heterocycles. The topological polar surface area (TPSA) is 73.9 Å². The van der Waals surface area contributed by atoms with Gasteiger partial charge < -0.3 is 19.5 Å². The van der Waals surface area contributed by atoms with Crippen molar-refractivity contribution in [2.45, 2.75) is 20.8 Å². The lowest BCUT2D eigenvalue weighted by Crippen LogP contribution is -2.35. The van der Waals surface area contributed by atoms with Gasteiger partial charge in [-0.15, -0.1) is 0 Å². The van der Waals surface area contributed by atoms with Crippen molar-refractivity contribution in [3.63, 3.8) is 0 Å². The van der Waals surface area contributed by atoms with Crippen molar-refractivity contribution in [1.82, 2.24) is 0 Å². The van der Waals surface area contributed by atoms with Crippen molar-refractivity contribution >= 4 is 11.4 Å². The van der Waals surface area contributed by atoms with Crippen LogP contribution in [0.1, 0.15) is 20.8 Å². The van der Waals surface area contributed by atoms with Gasteiger partial charge in [-0.1, -0.05) is 0 Å². The minimum absolute atomic E-state index is 0.0664. The van der Waals surface area contributed by atoms with Crippen LogP contribution in [-0.4, -0.2) is 19.8 Å². The Bertz CT molecular complexity index is 716. The average Bonchev–Trinajstić information content (AvgIpc) is 2.53. The van der Waals surface area contributed by atoms with Gasteiger partial charge in [0.15, 0.2) is 5.75 Å². The van der Waals surface area contributed by atoms with Gasteiger partial charge in [0.25, 0.3) is 10.9 Å². The Morgan fingerprint density at radius 3 is 2.23 bits per heavy atom. The van der Waals surface area contributed by atoms with E-state index in [1.165, 1.54) is 0 Å². The van der Waals surface area contributed by atoms with E-state index in [2.05, 4.69) is 5.32 Å². The highest BCUT2D eigenvalue weighted by atomic mass is 16.5. The first-order valence-electron chi connectivity index (χ1n) is 7.25. The largest absolute Gasteiger partial charge is 0.494 e. The molecule has 22 heavy (non-hydrogen) atoms. The molecule has 0 atom stereocenters. The molecule has 0 aliphatic rings. The van der Waals surface area contributed by atoms with Crippen LogP contribution in [0.2, 0.25) is 0 Å². The minimum Gasteiger partial charge on any atom is -0.494 e. The van der Waals surface area contributed by atoms with Gasteiger partial charge in [-0.05, 0) is 32.9 Å². The fourth-order valence-electron chi connectivity index (χ4n) is 2.05. The van der Waals surface area contributed by atoms with Crippen molar-refractivity contribution in [2.24, 2.45) is 0 Å². The van der Waals surface area contributed by atoms with Crippen LogP contribution < -0.4 is 30.4 Å². The Kier molecular flexibility index (Phi) is 5.04. The van der Waals surface area contributed by atoms with E-state index in [1.807, 2.05) is 13.8 Å². The first kappa shape index (κ1) is 15.9. The predicted octanol–water partition coefficient (Wildman–Crippen LogP) is 2.22. The van der Waals surface area contributed by atoms with Crippen LogP contribution in [0.25, 0.3) is 0 Å². The summed E-state index contributed by atoms with van der Waals surface area (Å²) >= 11 is 0. The zero-order valence-electron chi connectivity index (χ0n) is 12.9. The zero-order chi connectivity index (χ0) is 16.1. The molecule has 2 aromatic carbocycles. The molecule has 118 valence electrons. The van der Waals surface area contributed by atoms with E-state index in [9.17, 15) is 9.59 Å². The third-order valence-corrected chi connectivity index (χ3v) is 2.98. The van der Waals surface area contributed by atoms with E-state index in [4.69, 9.17) is 14.2 Å². The Labute approximate surface area is 128 Å². The van der Waals surface area contributed by atoms with Gasteiger partial charge in [-0.3, -0.25) is 9.59 Å². The second-order valence-electron chi connectivity index (χ2n) is 4.44. The summed E-state index contributed by atoms with van der Waals surface area (Å²) in [5.41, 5.74) is -0.488. The molecule has 6 heteroatoms. The van der Waals surface area contributed by atoms with E-state index < -0.39 is 10.9 Å². The fourth-order valence-corrected chi connectivity index (χ4v) is 2.05. The van der Waals surface area contributed by atoms with E-state index in [0.29, 0.717) is 37.0 Å². The molecule has 2 aromatic rings. The molecule has 0 aliphatic heterocycles. The molecular weight excluding hydrogens is 286 g/mol. The summed E-state index contributed by atoms with van der Waals surface area (Å²) in [7, 11) is 0. The quantitative estimate of drug-likeness (QED) is 0.754. The summed E-state index contributed by atoms with van der Waals surface area (Å²) in [6.07, 6.45) is 0. The summed E-state index contributed by atoms with van der Waals surface area (Å²) < 4.78 is 16.2. The lowest BCUT2D eigenvalue weighted by atomic mass is 10.2. The van der Waals surface area contributed by atoms with Crippen molar-refractivity contribution in [2.75, 3.05) is 25.1 Å². The van der Waals surface area contributed by atoms with E-state index in [0.717, 1.165) is 0 Å². The Morgan fingerprint density at radius 1 is 0.909 bits per heavy atom. The summed E-state index contributed by atoms with van der Waals surface area (Å²) in [5, 5.41) is 2.92. The van der Waals surface area contributed by atoms with Crippen LogP contribution in [0.3, 0.4) is 0 Å². The van der Waals surface area contributed by atoms with Crippen LogP contribution in [0.15, 0.2) is 27.8 Å². The second-order valence-corrected chi connectivity index (χ2v) is 4.44. The minimum atomic E-state index is -0.608. The molecule has 0 unspecified atom stereocenters. The maximum Gasteiger partial charge on any atom is 0.272 e. The number of ether oxygens (including phenoxy) is 3. The normalized spacial score (nSPS) is 10.5. The van der Waals surface area contributed by atoms with Crippen LogP contribution in [-0.2, 0) is 0 Å². The molecule has 0 aliphatic carbocycles. The van der Waals surface area contributed by atoms with Gasteiger partial charge in [-0.2, -0.15) is 0 Å². The highest BCUT2D eigenvalue weighted by Crippen LogP contribution is 2.33. The van der Waals surface area contributed by atoms with Crippen molar-refractivity contribution < 1.29 is 14.2 Å². The van der Waals surface area contributed by atoms with Gasteiger partial charge in [0, 0.05) is 6.07 Å². The first-order valence-corrected chi connectivity index (χ1v) is 7.25. The third kappa shape index (κ3) is 3.05. The first-order chi connectivity index (χ1) is 10.6. The number of rotatable bonds is 8. The summed E-state index contributed by atoms with van der Waals surface area (Å²) in [5.74, 6) is 1.28. The van der Waals surface area contributed by atoms with Crippen LogP contribution in [0, 0.1) is 0 Å². The Hall–Kier alpha value is -2.50. The van der Waals surface area contributed by atoms with Crippen molar-refractivity contribution in [3.8, 4) is 17.2 Å². The molecule has 0 bridgehead atoms. The molecule has 0 fully saturated rings. The third-order valence-electron chi connectivity index (χ3n) is 2.98. The summed E-state index contributed by atoms with van der Waals surface area (Å²) in [4.78, 5) is 23.2. The van der Waals surface area contributed by atoms with Gasteiger partial charge in [0.2, 0.25) is 0 Å². The molecule has 2 rings (SSSR count). The average molecular weight is 305 g/mol. The maximum atomic E-state index is 11.7. The van der Waals surface area contributed by atoms with Crippen molar-refractivity contribution in [1.29, 1.82) is 0 Å². The van der Waals surface area contributed by atoms with E-state index >= 15 is 0 Å². The Balaban J connectivity index is 2.35. The lowest BCUT2D eigenvalue weighted by molar-refractivity contribution is 0.331. The number of hydrogen-bond acceptors (Lipinski definition) is 6. The maximum absolute atomic E-state index is 11.7. The van der Waals surface area contributed by atoms with Gasteiger partial charge in [0.1, 0.15) is 17.2 Å². The van der Waals surface area contributed by atoms with Gasteiger partial charge in [0.05, 0.1) is 25.5 Å². The fraction of sp³-hybridized carbons (Fsp3) is 0.375. The van der Waals surface area contributed by atoms with Crippen LogP contribution in [0.4, 0.5) is 11.4 Å².